The third-order valence-corrected chi connectivity index (χ3v) is 4.74. The predicted octanol–water partition coefficient (Wildman–Crippen LogP) is 3.64. The lowest BCUT2D eigenvalue weighted by Crippen LogP contribution is -2.40. The van der Waals surface area contributed by atoms with Gasteiger partial charge in [0.05, 0.1) is 16.4 Å². The summed E-state index contributed by atoms with van der Waals surface area (Å²) in [7, 11) is 1.57. The van der Waals surface area contributed by atoms with E-state index in [1.807, 2.05) is 37.5 Å². The third-order valence-electron chi connectivity index (χ3n) is 3.94. The molecule has 0 aliphatic heterocycles. The predicted molar refractivity (Wildman–Crippen MR) is 90.4 cm³/mol. The second-order valence-corrected chi connectivity index (χ2v) is 6.12. The second kappa shape index (κ2) is 6.97. The number of nitro benzene ring substituents is 1. The van der Waals surface area contributed by atoms with Crippen LogP contribution in [-0.4, -0.2) is 35.3 Å². The number of hydrogen-bond acceptors (Lipinski definition) is 6. The lowest BCUT2D eigenvalue weighted by Gasteiger charge is -2.35. The molecule has 7 heteroatoms. The van der Waals surface area contributed by atoms with Crippen LogP contribution in [-0.2, 0) is 4.74 Å². The van der Waals surface area contributed by atoms with Crippen LogP contribution in [0.5, 0.6) is 0 Å². The zero-order valence-electron chi connectivity index (χ0n) is 13.1. The van der Waals surface area contributed by atoms with Crippen molar-refractivity contribution in [1.29, 1.82) is 0 Å². The summed E-state index contributed by atoms with van der Waals surface area (Å²) >= 11 is 1.43. The Kier molecular flexibility index (Phi) is 5.23. The SMILES string of the molecule is COC1C=CC=CC1(C)/C(=N/O)c1cc([N+](=O)[O-])ccc1SC. The van der Waals surface area contributed by atoms with E-state index in [2.05, 4.69) is 5.16 Å². The molecule has 1 aliphatic rings. The molecule has 0 heterocycles. The van der Waals surface area contributed by atoms with Gasteiger partial charge in [0.25, 0.3) is 5.69 Å². The second-order valence-electron chi connectivity index (χ2n) is 5.27. The van der Waals surface area contributed by atoms with Crippen molar-refractivity contribution in [3.8, 4) is 0 Å². The molecule has 0 amide bonds. The first-order valence-electron chi connectivity index (χ1n) is 6.92. The minimum absolute atomic E-state index is 0.0492. The van der Waals surface area contributed by atoms with Crippen LogP contribution in [0.15, 0.2) is 52.6 Å². The molecule has 1 N–H and O–H groups in total. The van der Waals surface area contributed by atoms with Gasteiger partial charge in [-0.15, -0.1) is 11.8 Å². The molecule has 122 valence electrons. The summed E-state index contributed by atoms with van der Waals surface area (Å²) in [5.41, 5.74) is 0.0707. The van der Waals surface area contributed by atoms with Crippen molar-refractivity contribution in [2.45, 2.75) is 17.9 Å². The summed E-state index contributed by atoms with van der Waals surface area (Å²) in [6.45, 7) is 1.87. The lowest BCUT2D eigenvalue weighted by molar-refractivity contribution is -0.384. The first kappa shape index (κ1) is 17.2. The van der Waals surface area contributed by atoms with Crippen LogP contribution in [0.2, 0.25) is 0 Å². The number of nitrogens with zero attached hydrogens (tertiary/aromatic N) is 2. The zero-order valence-corrected chi connectivity index (χ0v) is 13.9. The molecule has 1 aromatic carbocycles. The number of nitro groups is 1. The highest BCUT2D eigenvalue weighted by Gasteiger charge is 2.39. The van der Waals surface area contributed by atoms with Crippen LogP contribution >= 0.6 is 11.8 Å². The quantitative estimate of drug-likeness (QED) is 0.292. The summed E-state index contributed by atoms with van der Waals surface area (Å²) in [5, 5.41) is 24.2. The molecule has 0 radical (unpaired) electrons. The molecule has 2 rings (SSSR count). The Bertz CT molecular complexity index is 699. The monoisotopic (exact) mass is 334 g/mol. The van der Waals surface area contributed by atoms with E-state index in [-0.39, 0.29) is 11.8 Å². The molecule has 0 saturated carbocycles. The molecule has 6 nitrogen and oxygen atoms in total. The third kappa shape index (κ3) is 3.16. The molecular formula is C16H18N2O4S. The number of non-ortho nitro benzene ring substituents is 1. The maximum atomic E-state index is 11.1. The number of benzene rings is 1. The average Bonchev–Trinajstić information content (AvgIpc) is 2.55. The number of ether oxygens (including phenoxy) is 1. The van der Waals surface area contributed by atoms with Gasteiger partial charge in [0, 0.05) is 29.7 Å². The van der Waals surface area contributed by atoms with E-state index in [1.165, 1.54) is 23.9 Å². The van der Waals surface area contributed by atoms with E-state index in [0.717, 1.165) is 4.90 Å². The van der Waals surface area contributed by atoms with Gasteiger partial charge in [0.1, 0.15) is 5.71 Å². The van der Waals surface area contributed by atoms with Gasteiger partial charge >= 0.3 is 0 Å². The van der Waals surface area contributed by atoms with E-state index in [1.54, 1.807) is 13.2 Å². The fourth-order valence-electron chi connectivity index (χ4n) is 2.70. The largest absolute Gasteiger partial charge is 0.411 e. The van der Waals surface area contributed by atoms with Crippen molar-refractivity contribution in [2.75, 3.05) is 13.4 Å². The van der Waals surface area contributed by atoms with Crippen LogP contribution < -0.4 is 0 Å². The van der Waals surface area contributed by atoms with E-state index in [9.17, 15) is 15.3 Å². The van der Waals surface area contributed by atoms with Gasteiger partial charge in [0.15, 0.2) is 0 Å². The average molecular weight is 334 g/mol. The molecular weight excluding hydrogens is 316 g/mol. The molecule has 0 saturated heterocycles. The summed E-state index contributed by atoms with van der Waals surface area (Å²) < 4.78 is 5.49. The Morgan fingerprint density at radius 2 is 2.22 bits per heavy atom. The van der Waals surface area contributed by atoms with Crippen LogP contribution in [0, 0.1) is 15.5 Å². The number of thioether (sulfide) groups is 1. The van der Waals surface area contributed by atoms with Crippen LogP contribution in [0.25, 0.3) is 0 Å². The number of allylic oxidation sites excluding steroid dienone is 2. The fourth-order valence-corrected chi connectivity index (χ4v) is 3.28. The molecule has 2 unspecified atom stereocenters. The molecule has 23 heavy (non-hydrogen) atoms. The topological polar surface area (TPSA) is 85.0 Å². The van der Waals surface area contributed by atoms with Gasteiger partial charge in [-0.3, -0.25) is 10.1 Å². The minimum Gasteiger partial charge on any atom is -0.411 e. The number of methoxy groups -OCH3 is 1. The van der Waals surface area contributed by atoms with E-state index in [4.69, 9.17) is 4.74 Å². The molecule has 1 aliphatic carbocycles. The maximum absolute atomic E-state index is 11.1. The number of hydrogen-bond donors (Lipinski definition) is 1. The van der Waals surface area contributed by atoms with Crippen LogP contribution in [0.3, 0.4) is 0 Å². The Morgan fingerprint density at radius 1 is 1.48 bits per heavy atom. The van der Waals surface area contributed by atoms with Crippen molar-refractivity contribution in [1.82, 2.24) is 0 Å². The molecule has 0 fully saturated rings. The van der Waals surface area contributed by atoms with Gasteiger partial charge in [-0.1, -0.05) is 29.5 Å². The highest BCUT2D eigenvalue weighted by Crippen LogP contribution is 2.37. The van der Waals surface area contributed by atoms with Crippen molar-refractivity contribution < 1.29 is 14.9 Å². The Hall–Kier alpha value is -2.12. The van der Waals surface area contributed by atoms with E-state index >= 15 is 0 Å². The first-order valence-corrected chi connectivity index (χ1v) is 8.14. The van der Waals surface area contributed by atoms with Crippen LogP contribution in [0.4, 0.5) is 5.69 Å². The molecule has 0 aromatic heterocycles. The van der Waals surface area contributed by atoms with Gasteiger partial charge < -0.3 is 9.94 Å². The standard InChI is InChI=1S/C16H18N2O4S/c1-16(9-5-4-6-14(16)22-2)15(17-19)12-10-11(18(20)21)7-8-13(12)23-3/h4-10,14,19H,1-3H3/b17-15+. The molecule has 0 spiro atoms. The van der Waals surface area contributed by atoms with Gasteiger partial charge in [-0.25, -0.2) is 0 Å². The van der Waals surface area contributed by atoms with Gasteiger partial charge in [0.2, 0.25) is 0 Å². The van der Waals surface area contributed by atoms with Crippen LogP contribution in [0.1, 0.15) is 12.5 Å². The normalized spacial score (nSPS) is 24.0. The van der Waals surface area contributed by atoms with Gasteiger partial charge in [-0.05, 0) is 19.2 Å². The zero-order chi connectivity index (χ0) is 17.0. The number of oxime groups is 1. The highest BCUT2D eigenvalue weighted by atomic mass is 32.2. The molecule has 1 aromatic rings. The number of rotatable bonds is 5. The maximum Gasteiger partial charge on any atom is 0.270 e. The fraction of sp³-hybridized carbons (Fsp3) is 0.312. The van der Waals surface area contributed by atoms with Crippen molar-refractivity contribution in [2.24, 2.45) is 10.6 Å². The lowest BCUT2D eigenvalue weighted by atomic mass is 9.74. The Labute approximate surface area is 138 Å². The summed E-state index contributed by atoms with van der Waals surface area (Å²) in [6, 6.07) is 4.54. The Balaban J connectivity index is 2.62. The van der Waals surface area contributed by atoms with Crippen molar-refractivity contribution in [3.05, 3.63) is 58.2 Å². The molecule has 0 bridgehead atoms. The van der Waals surface area contributed by atoms with Gasteiger partial charge in [-0.2, -0.15) is 0 Å². The highest BCUT2D eigenvalue weighted by molar-refractivity contribution is 7.98. The molecule has 2 atom stereocenters. The Morgan fingerprint density at radius 3 is 2.78 bits per heavy atom. The summed E-state index contributed by atoms with van der Waals surface area (Å²) in [5.74, 6) is 0. The summed E-state index contributed by atoms with van der Waals surface area (Å²) in [4.78, 5) is 11.4. The summed E-state index contributed by atoms with van der Waals surface area (Å²) in [6.07, 6.45) is 8.96. The van der Waals surface area contributed by atoms with E-state index in [0.29, 0.717) is 11.3 Å². The van der Waals surface area contributed by atoms with Crippen molar-refractivity contribution >= 4 is 23.2 Å². The van der Waals surface area contributed by atoms with Crippen molar-refractivity contribution in [3.63, 3.8) is 0 Å². The smallest absolute Gasteiger partial charge is 0.270 e. The first-order chi connectivity index (χ1) is 11.0. The van der Waals surface area contributed by atoms with E-state index < -0.39 is 10.3 Å². The minimum atomic E-state index is -0.738.